The molecule has 12 heteroatoms. The Hall–Kier alpha value is -3.96. The van der Waals surface area contributed by atoms with E-state index in [0.717, 1.165) is 36.3 Å². The number of carbonyl (C=O) groups is 3. The summed E-state index contributed by atoms with van der Waals surface area (Å²) in [6, 6.07) is 3.92. The number of likely N-dealkylation sites (tertiary alicyclic amines) is 1. The van der Waals surface area contributed by atoms with Crippen molar-refractivity contribution in [1.29, 1.82) is 0 Å². The second kappa shape index (κ2) is 11.6. The van der Waals surface area contributed by atoms with Gasteiger partial charge in [0.15, 0.2) is 0 Å². The van der Waals surface area contributed by atoms with Crippen molar-refractivity contribution >= 4 is 35.4 Å². The van der Waals surface area contributed by atoms with E-state index in [9.17, 15) is 14.4 Å². The number of nitrogens with one attached hydrogen (secondary N) is 1. The Bertz CT molecular complexity index is 1200. The molecule has 2 aromatic heterocycles. The zero-order chi connectivity index (χ0) is 27.4. The fourth-order valence-electron chi connectivity index (χ4n) is 4.96. The highest BCUT2D eigenvalue weighted by Gasteiger charge is 2.26. The van der Waals surface area contributed by atoms with Crippen molar-refractivity contribution in [3.8, 4) is 0 Å². The van der Waals surface area contributed by atoms with E-state index in [4.69, 9.17) is 21.2 Å². The summed E-state index contributed by atoms with van der Waals surface area (Å²) in [7, 11) is 0. The first kappa shape index (κ1) is 27.1. The minimum Gasteiger partial charge on any atom is -0.445 e. The van der Waals surface area contributed by atoms with Gasteiger partial charge in [-0.2, -0.15) is 4.98 Å². The van der Waals surface area contributed by atoms with Gasteiger partial charge in [-0.15, -0.1) is 0 Å². The van der Waals surface area contributed by atoms with Crippen molar-refractivity contribution in [2.24, 2.45) is 11.5 Å². The number of primary amides is 2. The van der Waals surface area contributed by atoms with Crippen molar-refractivity contribution in [1.82, 2.24) is 19.9 Å². The van der Waals surface area contributed by atoms with Crippen molar-refractivity contribution in [3.63, 3.8) is 0 Å². The summed E-state index contributed by atoms with van der Waals surface area (Å²) in [5.74, 6) is 0.526. The maximum absolute atomic E-state index is 12.2. The summed E-state index contributed by atoms with van der Waals surface area (Å²) >= 11 is 0. The number of hydrogen-bond acceptors (Lipinski definition) is 9. The van der Waals surface area contributed by atoms with Crippen LogP contribution in [-0.4, -0.2) is 70.0 Å². The van der Waals surface area contributed by atoms with Gasteiger partial charge in [0.1, 0.15) is 17.5 Å². The van der Waals surface area contributed by atoms with E-state index in [1.54, 1.807) is 6.92 Å². The van der Waals surface area contributed by atoms with Crippen molar-refractivity contribution in [3.05, 3.63) is 35.3 Å². The highest BCUT2D eigenvalue weighted by molar-refractivity contribution is 5.98. The zero-order valence-corrected chi connectivity index (χ0v) is 22.1. The van der Waals surface area contributed by atoms with E-state index in [2.05, 4.69) is 29.1 Å². The lowest BCUT2D eigenvalue weighted by molar-refractivity contribution is -0.129. The molecule has 0 bridgehead atoms. The SMILES string of the molecule is CC(=O)N1CCC(c2cc(Nc3nc(N4CCC[C@H](OC(N)=O)C4)ncc3C(N)=O)cc(C(C)C)n2)CC1. The third kappa shape index (κ3) is 6.48. The maximum atomic E-state index is 12.2. The number of pyridine rings is 1. The number of anilines is 3. The topological polar surface area (TPSA) is 170 Å². The summed E-state index contributed by atoms with van der Waals surface area (Å²) in [4.78, 5) is 52.9. The number of carbonyl (C=O) groups excluding carboxylic acids is 3. The number of rotatable bonds is 7. The second-order valence-corrected chi connectivity index (χ2v) is 10.2. The highest BCUT2D eigenvalue weighted by atomic mass is 16.6. The number of nitrogens with two attached hydrogens (primary N) is 2. The van der Waals surface area contributed by atoms with E-state index in [1.807, 2.05) is 21.9 Å². The van der Waals surface area contributed by atoms with Crippen molar-refractivity contribution in [2.45, 2.75) is 64.4 Å². The van der Waals surface area contributed by atoms with Gasteiger partial charge in [0.2, 0.25) is 11.9 Å². The molecule has 0 saturated carbocycles. The monoisotopic (exact) mass is 524 g/mol. The standard InChI is InChI=1S/C26H36N8O4/c1-15(2)21-11-18(12-22(31-21)17-6-9-33(10-7-17)16(3)35)30-24-20(23(27)36)13-29-26(32-24)34-8-4-5-19(14-34)38-25(28)37/h11-13,15,17,19H,4-10,14H2,1-3H3,(H2,27,36)(H2,28,37)(H,29,30,31,32)/t19-/m0/s1. The van der Waals surface area contributed by atoms with Crippen LogP contribution in [0.25, 0.3) is 0 Å². The lowest BCUT2D eigenvalue weighted by Gasteiger charge is -2.32. The number of aromatic nitrogens is 3. The first-order chi connectivity index (χ1) is 18.1. The predicted octanol–water partition coefficient (Wildman–Crippen LogP) is 2.63. The molecular weight excluding hydrogens is 488 g/mol. The minimum atomic E-state index is -0.814. The fraction of sp³-hybridized carbons (Fsp3) is 0.538. The second-order valence-electron chi connectivity index (χ2n) is 10.2. The highest BCUT2D eigenvalue weighted by Crippen LogP contribution is 2.32. The molecule has 0 aromatic carbocycles. The van der Waals surface area contributed by atoms with E-state index >= 15 is 0 Å². The number of ether oxygens (including phenoxy) is 1. The van der Waals surface area contributed by atoms with Crippen molar-refractivity contribution in [2.75, 3.05) is 36.4 Å². The largest absolute Gasteiger partial charge is 0.445 e. The summed E-state index contributed by atoms with van der Waals surface area (Å²) in [5, 5.41) is 3.29. The third-order valence-corrected chi connectivity index (χ3v) is 7.06. The van der Waals surface area contributed by atoms with E-state index in [0.29, 0.717) is 44.4 Å². The third-order valence-electron chi connectivity index (χ3n) is 7.06. The van der Waals surface area contributed by atoms with Crippen LogP contribution in [0.15, 0.2) is 18.3 Å². The van der Waals surface area contributed by atoms with Gasteiger partial charge in [-0.05, 0) is 43.7 Å². The van der Waals surface area contributed by atoms with Crippen LogP contribution in [-0.2, 0) is 9.53 Å². The molecule has 12 nitrogen and oxygen atoms in total. The Morgan fingerprint density at radius 2 is 1.82 bits per heavy atom. The molecular formula is C26H36N8O4. The maximum Gasteiger partial charge on any atom is 0.404 e. The van der Waals surface area contributed by atoms with Crippen LogP contribution in [0.1, 0.15) is 80.0 Å². The van der Waals surface area contributed by atoms with Crippen LogP contribution in [0.3, 0.4) is 0 Å². The molecule has 2 fully saturated rings. The quantitative estimate of drug-likeness (QED) is 0.492. The molecule has 2 saturated heterocycles. The molecule has 0 unspecified atom stereocenters. The normalized spacial score (nSPS) is 18.4. The lowest BCUT2D eigenvalue weighted by atomic mass is 9.92. The molecule has 38 heavy (non-hydrogen) atoms. The van der Waals surface area contributed by atoms with Gasteiger partial charge in [-0.25, -0.2) is 9.78 Å². The number of hydrogen-bond donors (Lipinski definition) is 3. The lowest BCUT2D eigenvalue weighted by Crippen LogP contribution is -2.42. The van der Waals surface area contributed by atoms with Crippen LogP contribution >= 0.6 is 0 Å². The smallest absolute Gasteiger partial charge is 0.404 e. The summed E-state index contributed by atoms with van der Waals surface area (Å²) in [6.45, 7) is 8.22. The van der Waals surface area contributed by atoms with Gasteiger partial charge >= 0.3 is 6.09 Å². The molecule has 4 rings (SSSR count). The van der Waals surface area contributed by atoms with E-state index < -0.39 is 12.0 Å². The van der Waals surface area contributed by atoms with Crippen LogP contribution < -0.4 is 21.7 Å². The fourth-order valence-corrected chi connectivity index (χ4v) is 4.96. The molecule has 2 aliphatic heterocycles. The molecule has 1 atom stereocenters. The van der Waals surface area contributed by atoms with Crippen LogP contribution in [0.5, 0.6) is 0 Å². The van der Waals surface area contributed by atoms with Crippen molar-refractivity contribution < 1.29 is 19.1 Å². The van der Waals surface area contributed by atoms with Gasteiger partial charge in [-0.3, -0.25) is 14.6 Å². The van der Waals surface area contributed by atoms with Gasteiger partial charge < -0.3 is 31.3 Å². The van der Waals surface area contributed by atoms with Crippen LogP contribution in [0.2, 0.25) is 0 Å². The molecule has 4 heterocycles. The molecule has 3 amide bonds. The first-order valence-corrected chi connectivity index (χ1v) is 13.0. The van der Waals surface area contributed by atoms with Crippen LogP contribution in [0, 0.1) is 0 Å². The molecule has 0 radical (unpaired) electrons. The number of amides is 3. The molecule has 0 aliphatic carbocycles. The summed E-state index contributed by atoms with van der Waals surface area (Å²) < 4.78 is 5.18. The number of piperidine rings is 2. The average Bonchev–Trinajstić information content (AvgIpc) is 2.88. The molecule has 2 aliphatic rings. The zero-order valence-electron chi connectivity index (χ0n) is 22.1. The van der Waals surface area contributed by atoms with Gasteiger partial charge in [-0.1, -0.05) is 13.8 Å². The average molecular weight is 525 g/mol. The first-order valence-electron chi connectivity index (χ1n) is 13.0. The summed E-state index contributed by atoms with van der Waals surface area (Å²) in [6.07, 6.45) is 3.38. The van der Waals surface area contributed by atoms with Crippen LogP contribution in [0.4, 0.5) is 22.2 Å². The summed E-state index contributed by atoms with van der Waals surface area (Å²) in [5.41, 5.74) is 13.6. The Labute approximate surface area is 222 Å². The molecule has 5 N–H and O–H groups in total. The van der Waals surface area contributed by atoms with E-state index in [-0.39, 0.29) is 29.4 Å². The van der Waals surface area contributed by atoms with E-state index in [1.165, 1.54) is 6.20 Å². The Balaban J connectivity index is 1.61. The van der Waals surface area contributed by atoms with Gasteiger partial charge in [0.25, 0.3) is 5.91 Å². The molecule has 204 valence electrons. The van der Waals surface area contributed by atoms with Gasteiger partial charge in [0, 0.05) is 55.7 Å². The predicted molar refractivity (Wildman–Crippen MR) is 142 cm³/mol. The Morgan fingerprint density at radius 3 is 2.45 bits per heavy atom. The minimum absolute atomic E-state index is 0.0921. The Kier molecular flexibility index (Phi) is 8.28. The Morgan fingerprint density at radius 1 is 1.08 bits per heavy atom. The molecule has 0 spiro atoms. The van der Waals surface area contributed by atoms with Gasteiger partial charge in [0.05, 0.1) is 6.54 Å². The molecule has 2 aromatic rings. The number of nitrogens with zero attached hydrogens (tertiary/aromatic N) is 5.